The summed E-state index contributed by atoms with van der Waals surface area (Å²) in [7, 11) is 1.60. The number of anilines is 1. The predicted octanol–water partition coefficient (Wildman–Crippen LogP) is 3.07. The quantitative estimate of drug-likeness (QED) is 0.830. The average molecular weight is 326 g/mol. The number of benzene rings is 2. The molecule has 5 nitrogen and oxygen atoms in total. The number of nitrogens with one attached hydrogen (secondary N) is 2. The van der Waals surface area contributed by atoms with Crippen LogP contribution < -0.4 is 15.4 Å². The maximum absolute atomic E-state index is 12.1. The van der Waals surface area contributed by atoms with Crippen molar-refractivity contribution in [1.29, 1.82) is 0 Å². The monoisotopic (exact) mass is 326 g/mol. The molecule has 2 aromatic carbocycles. The molecule has 0 aliphatic heterocycles. The number of ether oxygens (including phenoxy) is 1. The van der Waals surface area contributed by atoms with Crippen LogP contribution in [0.5, 0.6) is 5.75 Å². The highest BCUT2D eigenvalue weighted by Gasteiger charge is 2.18. The molecule has 5 heteroatoms. The summed E-state index contributed by atoms with van der Waals surface area (Å²) >= 11 is 0. The molecule has 0 spiro atoms. The van der Waals surface area contributed by atoms with Crippen molar-refractivity contribution in [3.05, 3.63) is 59.7 Å². The molecule has 1 atom stereocenters. The van der Waals surface area contributed by atoms with Crippen molar-refractivity contribution < 1.29 is 14.3 Å². The molecule has 24 heavy (non-hydrogen) atoms. The Bertz CT molecular complexity index is 711. The van der Waals surface area contributed by atoms with Crippen LogP contribution in [0.25, 0.3) is 0 Å². The maximum atomic E-state index is 12.1. The number of hydrogen-bond donors (Lipinski definition) is 2. The fraction of sp³-hybridized carbons (Fsp3) is 0.263. The minimum absolute atomic E-state index is 0.282. The summed E-state index contributed by atoms with van der Waals surface area (Å²) in [5, 5.41) is 5.36. The first kappa shape index (κ1) is 17.5. The summed E-state index contributed by atoms with van der Waals surface area (Å²) in [5.74, 6) is -0.591. The van der Waals surface area contributed by atoms with Gasteiger partial charge in [0.25, 0.3) is 0 Å². The molecular formula is C19H22N2O3. The van der Waals surface area contributed by atoms with Crippen LogP contribution in [-0.4, -0.2) is 18.9 Å². The average Bonchev–Trinajstić information content (AvgIpc) is 2.62. The second-order valence-corrected chi connectivity index (χ2v) is 5.43. The summed E-state index contributed by atoms with van der Waals surface area (Å²) in [4.78, 5) is 24.2. The van der Waals surface area contributed by atoms with Gasteiger partial charge in [-0.1, -0.05) is 37.3 Å². The Morgan fingerprint density at radius 2 is 1.71 bits per heavy atom. The van der Waals surface area contributed by atoms with Gasteiger partial charge in [0.05, 0.1) is 13.2 Å². The highest BCUT2D eigenvalue weighted by molar-refractivity contribution is 6.39. The second-order valence-electron chi connectivity index (χ2n) is 5.43. The van der Waals surface area contributed by atoms with Gasteiger partial charge in [-0.3, -0.25) is 9.59 Å². The van der Waals surface area contributed by atoms with Crippen LogP contribution in [0, 0.1) is 0 Å². The number of methoxy groups -OCH3 is 1. The lowest BCUT2D eigenvalue weighted by Crippen LogP contribution is -2.37. The SMILES string of the molecule is CCc1ccccc1NC(=O)C(=O)NC(C)c1ccc(OC)cc1. The first-order chi connectivity index (χ1) is 11.5. The van der Waals surface area contributed by atoms with Crippen LogP contribution in [0.15, 0.2) is 48.5 Å². The first-order valence-corrected chi connectivity index (χ1v) is 7.88. The molecule has 0 heterocycles. The predicted molar refractivity (Wildman–Crippen MR) is 94.0 cm³/mol. The van der Waals surface area contributed by atoms with Crippen molar-refractivity contribution in [2.45, 2.75) is 26.3 Å². The van der Waals surface area contributed by atoms with Crippen molar-refractivity contribution in [2.75, 3.05) is 12.4 Å². The van der Waals surface area contributed by atoms with Gasteiger partial charge in [-0.05, 0) is 42.7 Å². The molecule has 2 rings (SSSR count). The lowest BCUT2D eigenvalue weighted by atomic mass is 10.1. The number of carbonyl (C=O) groups is 2. The third kappa shape index (κ3) is 4.35. The molecule has 0 fully saturated rings. The summed E-state index contributed by atoms with van der Waals surface area (Å²) in [6.07, 6.45) is 0.778. The van der Waals surface area contributed by atoms with Gasteiger partial charge in [0.2, 0.25) is 0 Å². The fourth-order valence-electron chi connectivity index (χ4n) is 2.37. The van der Waals surface area contributed by atoms with Gasteiger partial charge in [0, 0.05) is 5.69 Å². The molecule has 0 aliphatic rings. The standard InChI is InChI=1S/C19H22N2O3/c1-4-14-7-5-6-8-17(14)21-19(23)18(22)20-13(2)15-9-11-16(24-3)12-10-15/h5-13H,4H2,1-3H3,(H,20,22)(H,21,23). The van der Waals surface area contributed by atoms with E-state index < -0.39 is 11.8 Å². The molecule has 1 unspecified atom stereocenters. The topological polar surface area (TPSA) is 67.4 Å². The van der Waals surface area contributed by atoms with E-state index in [2.05, 4.69) is 10.6 Å². The number of rotatable bonds is 5. The second kappa shape index (κ2) is 8.15. The van der Waals surface area contributed by atoms with Crippen molar-refractivity contribution >= 4 is 17.5 Å². The van der Waals surface area contributed by atoms with E-state index in [1.165, 1.54) is 0 Å². The van der Waals surface area contributed by atoms with Gasteiger partial charge in [-0.2, -0.15) is 0 Å². The number of aryl methyl sites for hydroxylation is 1. The minimum Gasteiger partial charge on any atom is -0.497 e. The van der Waals surface area contributed by atoms with Gasteiger partial charge in [-0.15, -0.1) is 0 Å². The van der Waals surface area contributed by atoms with Crippen molar-refractivity contribution in [3.63, 3.8) is 0 Å². The van der Waals surface area contributed by atoms with E-state index in [0.717, 1.165) is 23.3 Å². The molecule has 126 valence electrons. The Morgan fingerprint density at radius 1 is 1.04 bits per heavy atom. The lowest BCUT2D eigenvalue weighted by molar-refractivity contribution is -0.136. The molecular weight excluding hydrogens is 304 g/mol. The van der Waals surface area contributed by atoms with E-state index in [1.54, 1.807) is 13.2 Å². The molecule has 0 saturated carbocycles. The number of para-hydroxylation sites is 1. The number of hydrogen-bond acceptors (Lipinski definition) is 3. The molecule has 0 bridgehead atoms. The van der Waals surface area contributed by atoms with Crippen LogP contribution in [0.1, 0.15) is 31.0 Å². The van der Waals surface area contributed by atoms with E-state index in [-0.39, 0.29) is 6.04 Å². The fourth-order valence-corrected chi connectivity index (χ4v) is 2.37. The van der Waals surface area contributed by atoms with Gasteiger partial charge < -0.3 is 15.4 Å². The Hall–Kier alpha value is -2.82. The van der Waals surface area contributed by atoms with Gasteiger partial charge in [-0.25, -0.2) is 0 Å². The molecule has 2 aromatic rings. The third-order valence-electron chi connectivity index (χ3n) is 3.82. The summed E-state index contributed by atoms with van der Waals surface area (Å²) in [6.45, 7) is 3.82. The molecule has 2 N–H and O–H groups in total. The Labute approximate surface area is 142 Å². The zero-order chi connectivity index (χ0) is 17.5. The number of carbonyl (C=O) groups excluding carboxylic acids is 2. The molecule has 0 saturated heterocycles. The van der Waals surface area contributed by atoms with Crippen LogP contribution in [0.3, 0.4) is 0 Å². The van der Waals surface area contributed by atoms with E-state index >= 15 is 0 Å². The smallest absolute Gasteiger partial charge is 0.313 e. The minimum atomic E-state index is -0.670. The Balaban J connectivity index is 1.98. The van der Waals surface area contributed by atoms with Crippen molar-refractivity contribution in [3.8, 4) is 5.75 Å². The van der Waals surface area contributed by atoms with E-state index in [0.29, 0.717) is 5.69 Å². The molecule has 0 aromatic heterocycles. The summed E-state index contributed by atoms with van der Waals surface area (Å²) < 4.78 is 5.10. The Morgan fingerprint density at radius 3 is 2.33 bits per heavy atom. The zero-order valence-corrected chi connectivity index (χ0v) is 14.1. The highest BCUT2D eigenvalue weighted by Crippen LogP contribution is 2.18. The van der Waals surface area contributed by atoms with E-state index in [1.807, 2.05) is 56.3 Å². The highest BCUT2D eigenvalue weighted by atomic mass is 16.5. The molecule has 0 aliphatic carbocycles. The van der Waals surface area contributed by atoms with Crippen LogP contribution in [0.4, 0.5) is 5.69 Å². The van der Waals surface area contributed by atoms with Crippen molar-refractivity contribution in [1.82, 2.24) is 5.32 Å². The van der Waals surface area contributed by atoms with E-state index in [9.17, 15) is 9.59 Å². The molecule has 2 amide bonds. The van der Waals surface area contributed by atoms with Crippen LogP contribution in [-0.2, 0) is 16.0 Å². The van der Waals surface area contributed by atoms with Crippen LogP contribution in [0.2, 0.25) is 0 Å². The summed E-state index contributed by atoms with van der Waals surface area (Å²) in [6, 6.07) is 14.5. The van der Waals surface area contributed by atoms with Gasteiger partial charge in [0.15, 0.2) is 0 Å². The maximum Gasteiger partial charge on any atom is 0.313 e. The zero-order valence-electron chi connectivity index (χ0n) is 14.1. The first-order valence-electron chi connectivity index (χ1n) is 7.88. The molecule has 0 radical (unpaired) electrons. The largest absolute Gasteiger partial charge is 0.497 e. The van der Waals surface area contributed by atoms with Crippen LogP contribution >= 0.6 is 0 Å². The van der Waals surface area contributed by atoms with E-state index in [4.69, 9.17) is 4.74 Å². The third-order valence-corrected chi connectivity index (χ3v) is 3.82. The normalized spacial score (nSPS) is 11.5. The van der Waals surface area contributed by atoms with Gasteiger partial charge in [0.1, 0.15) is 5.75 Å². The van der Waals surface area contributed by atoms with Crippen molar-refractivity contribution in [2.24, 2.45) is 0 Å². The van der Waals surface area contributed by atoms with Gasteiger partial charge >= 0.3 is 11.8 Å². The Kier molecular flexibility index (Phi) is 5.95. The lowest BCUT2D eigenvalue weighted by Gasteiger charge is -2.15. The summed E-state index contributed by atoms with van der Waals surface area (Å²) in [5.41, 5.74) is 2.55. The number of amides is 2.